The lowest BCUT2D eigenvalue weighted by Gasteiger charge is -2.15. The van der Waals surface area contributed by atoms with Crippen LogP contribution in [0.25, 0.3) is 0 Å². The fourth-order valence-corrected chi connectivity index (χ4v) is 1.16. The number of rotatable bonds is 5. The van der Waals surface area contributed by atoms with Crippen molar-refractivity contribution in [1.82, 2.24) is 5.32 Å². The van der Waals surface area contributed by atoms with E-state index in [0.717, 1.165) is 0 Å². The van der Waals surface area contributed by atoms with Crippen molar-refractivity contribution >= 4 is 6.09 Å². The lowest BCUT2D eigenvalue weighted by atomic mass is 10.3. The molecule has 1 unspecified atom stereocenters. The minimum Gasteiger partial charge on any atom is -0.410 e. The molecule has 0 heterocycles. The van der Waals surface area contributed by atoms with Crippen molar-refractivity contribution in [3.63, 3.8) is 0 Å². The monoisotopic (exact) mass is 224 g/mol. The summed E-state index contributed by atoms with van der Waals surface area (Å²) < 4.78 is 9.93. The van der Waals surface area contributed by atoms with Crippen LogP contribution in [-0.4, -0.2) is 32.4 Å². The van der Waals surface area contributed by atoms with E-state index in [2.05, 4.69) is 5.32 Å². The third kappa shape index (κ3) is 4.29. The van der Waals surface area contributed by atoms with Crippen LogP contribution in [0.15, 0.2) is 30.3 Å². The van der Waals surface area contributed by atoms with Gasteiger partial charge >= 0.3 is 6.09 Å². The smallest absolute Gasteiger partial charge is 0.410 e. The predicted octanol–water partition coefficient (Wildman–Crippen LogP) is 0.749. The van der Waals surface area contributed by atoms with Crippen LogP contribution in [0.2, 0.25) is 0 Å². The van der Waals surface area contributed by atoms with Gasteiger partial charge in [0.25, 0.3) is 0 Å². The molecule has 1 aromatic carbocycles. The van der Waals surface area contributed by atoms with Crippen molar-refractivity contribution in [2.45, 2.75) is 6.04 Å². The summed E-state index contributed by atoms with van der Waals surface area (Å²) in [7, 11) is 1.55. The zero-order valence-electron chi connectivity index (χ0n) is 9.18. The summed E-state index contributed by atoms with van der Waals surface area (Å²) in [4.78, 5) is 11.4. The highest BCUT2D eigenvalue weighted by Gasteiger charge is 2.11. The van der Waals surface area contributed by atoms with Crippen LogP contribution < -0.4 is 15.8 Å². The van der Waals surface area contributed by atoms with Crippen LogP contribution in [0.1, 0.15) is 0 Å². The van der Waals surface area contributed by atoms with Gasteiger partial charge in [-0.3, -0.25) is 0 Å². The second kappa shape index (κ2) is 6.81. The first-order chi connectivity index (χ1) is 7.76. The minimum absolute atomic E-state index is 0.235. The van der Waals surface area contributed by atoms with E-state index in [9.17, 15) is 4.79 Å². The molecule has 1 aromatic rings. The summed E-state index contributed by atoms with van der Waals surface area (Å²) >= 11 is 0. The van der Waals surface area contributed by atoms with Gasteiger partial charge in [-0.25, -0.2) is 4.79 Å². The van der Waals surface area contributed by atoms with Gasteiger partial charge in [-0.15, -0.1) is 0 Å². The van der Waals surface area contributed by atoms with Crippen molar-refractivity contribution in [3.05, 3.63) is 30.3 Å². The van der Waals surface area contributed by atoms with Crippen molar-refractivity contribution in [3.8, 4) is 5.75 Å². The van der Waals surface area contributed by atoms with Crippen LogP contribution >= 0.6 is 0 Å². The zero-order valence-corrected chi connectivity index (χ0v) is 9.18. The molecule has 5 heteroatoms. The van der Waals surface area contributed by atoms with Crippen molar-refractivity contribution < 1.29 is 14.3 Å². The number of benzene rings is 1. The molecule has 0 aliphatic heterocycles. The Balaban J connectivity index is 2.41. The number of para-hydroxylation sites is 1. The summed E-state index contributed by atoms with van der Waals surface area (Å²) in [5.41, 5.74) is 5.45. The van der Waals surface area contributed by atoms with E-state index < -0.39 is 6.09 Å². The molecule has 16 heavy (non-hydrogen) atoms. The molecule has 0 saturated carbocycles. The Hall–Kier alpha value is -1.59. The van der Waals surface area contributed by atoms with E-state index in [1.165, 1.54) is 0 Å². The van der Waals surface area contributed by atoms with E-state index in [1.54, 1.807) is 31.4 Å². The molecule has 1 amide bonds. The number of amides is 1. The standard InChI is InChI=1S/C11H16N2O3/c1-15-8-9(7-12)13-11(14)16-10-5-3-2-4-6-10/h2-6,9H,7-8,12H2,1H3,(H,13,14). The number of nitrogens with one attached hydrogen (secondary N) is 1. The molecule has 88 valence electrons. The fraction of sp³-hybridized carbons (Fsp3) is 0.364. The molecule has 1 atom stereocenters. The SMILES string of the molecule is COCC(CN)NC(=O)Oc1ccccc1. The lowest BCUT2D eigenvalue weighted by Crippen LogP contribution is -2.44. The van der Waals surface area contributed by atoms with E-state index in [1.807, 2.05) is 6.07 Å². The fourth-order valence-electron chi connectivity index (χ4n) is 1.16. The third-order valence-electron chi connectivity index (χ3n) is 1.93. The maximum Gasteiger partial charge on any atom is 0.412 e. The summed E-state index contributed by atoms with van der Waals surface area (Å²) in [6.45, 7) is 0.665. The number of hydrogen-bond donors (Lipinski definition) is 2. The van der Waals surface area contributed by atoms with Crippen LogP contribution in [0, 0.1) is 0 Å². The number of ether oxygens (including phenoxy) is 2. The maximum absolute atomic E-state index is 11.4. The van der Waals surface area contributed by atoms with Gasteiger partial charge in [-0.05, 0) is 12.1 Å². The van der Waals surface area contributed by atoms with Gasteiger partial charge in [0.1, 0.15) is 5.75 Å². The number of methoxy groups -OCH3 is 1. The lowest BCUT2D eigenvalue weighted by molar-refractivity contribution is 0.156. The first kappa shape index (κ1) is 12.5. The first-order valence-corrected chi connectivity index (χ1v) is 4.98. The summed E-state index contributed by atoms with van der Waals surface area (Å²) in [6, 6.07) is 8.59. The Morgan fingerprint density at radius 2 is 2.12 bits per heavy atom. The molecule has 1 rings (SSSR count). The van der Waals surface area contributed by atoms with Crippen molar-refractivity contribution in [1.29, 1.82) is 0 Å². The van der Waals surface area contributed by atoms with E-state index in [4.69, 9.17) is 15.2 Å². The molecule has 0 radical (unpaired) electrons. The Labute approximate surface area is 94.5 Å². The molecule has 0 aliphatic carbocycles. The molecule has 0 aromatic heterocycles. The number of hydrogen-bond acceptors (Lipinski definition) is 4. The minimum atomic E-state index is -0.529. The molecule has 0 fully saturated rings. The Kier molecular flexibility index (Phi) is 5.31. The van der Waals surface area contributed by atoms with Gasteiger partial charge in [-0.1, -0.05) is 18.2 Å². The van der Waals surface area contributed by atoms with E-state index in [-0.39, 0.29) is 6.04 Å². The molecular weight excluding hydrogens is 208 g/mol. The quantitative estimate of drug-likeness (QED) is 0.774. The zero-order chi connectivity index (χ0) is 11.8. The van der Waals surface area contributed by atoms with Gasteiger partial charge in [0, 0.05) is 13.7 Å². The first-order valence-electron chi connectivity index (χ1n) is 4.98. The Bertz CT molecular complexity index is 316. The maximum atomic E-state index is 11.4. The average Bonchev–Trinajstić information content (AvgIpc) is 2.29. The molecule has 3 N–H and O–H groups in total. The average molecular weight is 224 g/mol. The Morgan fingerprint density at radius 1 is 1.44 bits per heavy atom. The molecule has 0 aliphatic rings. The summed E-state index contributed by atoms with van der Waals surface area (Å²) in [5.74, 6) is 0.494. The Morgan fingerprint density at radius 3 is 2.69 bits per heavy atom. The van der Waals surface area contributed by atoms with Gasteiger partial charge in [0.05, 0.1) is 12.6 Å². The van der Waals surface area contributed by atoms with Crippen LogP contribution in [-0.2, 0) is 4.74 Å². The molecule has 0 saturated heterocycles. The molecular formula is C11H16N2O3. The highest BCUT2D eigenvalue weighted by molar-refractivity contribution is 5.70. The summed E-state index contributed by atoms with van der Waals surface area (Å²) in [5, 5.41) is 2.60. The number of carbonyl (C=O) groups excluding carboxylic acids is 1. The molecule has 0 bridgehead atoms. The third-order valence-corrected chi connectivity index (χ3v) is 1.93. The van der Waals surface area contributed by atoms with E-state index >= 15 is 0 Å². The van der Waals surface area contributed by atoms with Gasteiger partial charge in [-0.2, -0.15) is 0 Å². The highest BCUT2D eigenvalue weighted by atomic mass is 16.6. The van der Waals surface area contributed by atoms with E-state index in [0.29, 0.717) is 18.9 Å². The van der Waals surface area contributed by atoms with Crippen LogP contribution in [0.5, 0.6) is 5.75 Å². The van der Waals surface area contributed by atoms with Crippen LogP contribution in [0.4, 0.5) is 4.79 Å². The second-order valence-electron chi connectivity index (χ2n) is 3.23. The molecule has 0 spiro atoms. The number of nitrogens with two attached hydrogens (primary N) is 1. The van der Waals surface area contributed by atoms with Crippen molar-refractivity contribution in [2.24, 2.45) is 5.73 Å². The van der Waals surface area contributed by atoms with Crippen LogP contribution in [0.3, 0.4) is 0 Å². The van der Waals surface area contributed by atoms with Gasteiger partial charge in [0.15, 0.2) is 0 Å². The molecule has 5 nitrogen and oxygen atoms in total. The topological polar surface area (TPSA) is 73.6 Å². The largest absolute Gasteiger partial charge is 0.412 e. The normalized spacial score (nSPS) is 11.9. The van der Waals surface area contributed by atoms with Gasteiger partial charge < -0.3 is 20.5 Å². The predicted molar refractivity (Wildman–Crippen MR) is 60.3 cm³/mol. The van der Waals surface area contributed by atoms with Gasteiger partial charge in [0.2, 0.25) is 0 Å². The summed E-state index contributed by atoms with van der Waals surface area (Å²) in [6.07, 6.45) is -0.529. The highest BCUT2D eigenvalue weighted by Crippen LogP contribution is 2.08. The second-order valence-corrected chi connectivity index (χ2v) is 3.23. The number of carbonyl (C=O) groups is 1. The van der Waals surface area contributed by atoms with Crippen molar-refractivity contribution in [2.75, 3.05) is 20.3 Å².